The summed E-state index contributed by atoms with van der Waals surface area (Å²) >= 11 is 0. The third-order valence-corrected chi connectivity index (χ3v) is 2.89. The normalized spacial score (nSPS) is 12.1. The van der Waals surface area contributed by atoms with Gasteiger partial charge in [0.1, 0.15) is 0 Å². The summed E-state index contributed by atoms with van der Waals surface area (Å²) in [5.41, 5.74) is 1.09. The van der Waals surface area contributed by atoms with Gasteiger partial charge in [-0.15, -0.1) is 0 Å². The van der Waals surface area contributed by atoms with Crippen molar-refractivity contribution in [2.75, 3.05) is 34.9 Å². The number of methoxy groups -OCH3 is 3. The molecule has 1 unspecified atom stereocenters. The predicted octanol–water partition coefficient (Wildman–Crippen LogP) is 1.41. The van der Waals surface area contributed by atoms with E-state index in [4.69, 9.17) is 14.2 Å². The Kier molecular flexibility index (Phi) is 6.45. The van der Waals surface area contributed by atoms with Gasteiger partial charge in [-0.1, -0.05) is 0 Å². The molecule has 0 aliphatic carbocycles. The van der Waals surface area contributed by atoms with Crippen molar-refractivity contribution in [3.63, 3.8) is 0 Å². The van der Waals surface area contributed by atoms with E-state index in [1.807, 2.05) is 19.2 Å². The van der Waals surface area contributed by atoms with E-state index in [-0.39, 0.29) is 0 Å². The van der Waals surface area contributed by atoms with Crippen LogP contribution < -0.4 is 24.8 Å². The van der Waals surface area contributed by atoms with Crippen LogP contribution in [0.3, 0.4) is 0 Å². The lowest BCUT2D eigenvalue weighted by atomic mass is 10.1. The van der Waals surface area contributed by atoms with Crippen LogP contribution in [0.2, 0.25) is 0 Å². The zero-order valence-corrected chi connectivity index (χ0v) is 12.4. The van der Waals surface area contributed by atoms with Crippen molar-refractivity contribution in [2.45, 2.75) is 19.5 Å². The van der Waals surface area contributed by atoms with Crippen molar-refractivity contribution in [3.05, 3.63) is 17.7 Å². The van der Waals surface area contributed by atoms with Crippen molar-refractivity contribution >= 4 is 0 Å². The van der Waals surface area contributed by atoms with Gasteiger partial charge in [-0.05, 0) is 31.7 Å². The lowest BCUT2D eigenvalue weighted by Gasteiger charge is -2.16. The maximum absolute atomic E-state index is 5.33. The minimum Gasteiger partial charge on any atom is -0.493 e. The van der Waals surface area contributed by atoms with Crippen LogP contribution in [-0.4, -0.2) is 41.0 Å². The van der Waals surface area contributed by atoms with Gasteiger partial charge >= 0.3 is 0 Å². The first kappa shape index (κ1) is 15.6. The summed E-state index contributed by atoms with van der Waals surface area (Å²) in [4.78, 5) is 0. The van der Waals surface area contributed by atoms with Gasteiger partial charge < -0.3 is 24.8 Å². The number of benzene rings is 1. The molecule has 0 heterocycles. The fourth-order valence-electron chi connectivity index (χ4n) is 1.91. The van der Waals surface area contributed by atoms with Crippen LogP contribution in [0.5, 0.6) is 17.2 Å². The third-order valence-electron chi connectivity index (χ3n) is 2.89. The monoisotopic (exact) mass is 268 g/mol. The van der Waals surface area contributed by atoms with Gasteiger partial charge in [0.25, 0.3) is 0 Å². The van der Waals surface area contributed by atoms with Crippen LogP contribution >= 0.6 is 0 Å². The van der Waals surface area contributed by atoms with Gasteiger partial charge in [0.2, 0.25) is 5.75 Å². The molecule has 0 amide bonds. The highest BCUT2D eigenvalue weighted by molar-refractivity contribution is 5.53. The van der Waals surface area contributed by atoms with Crippen LogP contribution in [-0.2, 0) is 6.54 Å². The van der Waals surface area contributed by atoms with E-state index in [2.05, 4.69) is 17.6 Å². The Hall–Kier alpha value is -1.46. The van der Waals surface area contributed by atoms with Gasteiger partial charge in [0, 0.05) is 19.1 Å². The highest BCUT2D eigenvalue weighted by Gasteiger charge is 2.13. The molecule has 5 nitrogen and oxygen atoms in total. The minimum atomic E-state index is 0.393. The van der Waals surface area contributed by atoms with Gasteiger partial charge in [-0.2, -0.15) is 0 Å². The smallest absolute Gasteiger partial charge is 0.203 e. The minimum absolute atomic E-state index is 0.393. The highest BCUT2D eigenvalue weighted by atomic mass is 16.5. The molecule has 1 rings (SSSR count). The van der Waals surface area contributed by atoms with E-state index < -0.39 is 0 Å². The predicted molar refractivity (Wildman–Crippen MR) is 76.3 cm³/mol. The molecule has 1 aromatic carbocycles. The van der Waals surface area contributed by atoms with Crippen LogP contribution in [0.4, 0.5) is 0 Å². The van der Waals surface area contributed by atoms with Gasteiger partial charge in [-0.3, -0.25) is 0 Å². The summed E-state index contributed by atoms with van der Waals surface area (Å²) in [6, 6.07) is 4.31. The summed E-state index contributed by atoms with van der Waals surface area (Å²) in [7, 11) is 6.79. The second kappa shape index (κ2) is 7.86. The maximum Gasteiger partial charge on any atom is 0.203 e. The molecule has 0 aliphatic rings. The zero-order valence-electron chi connectivity index (χ0n) is 12.4. The summed E-state index contributed by atoms with van der Waals surface area (Å²) < 4.78 is 16.0. The number of hydrogen-bond acceptors (Lipinski definition) is 5. The number of likely N-dealkylation sites (N-methyl/N-ethyl adjacent to an activating group) is 1. The van der Waals surface area contributed by atoms with Gasteiger partial charge in [0.15, 0.2) is 11.5 Å². The van der Waals surface area contributed by atoms with Crippen molar-refractivity contribution in [1.29, 1.82) is 0 Å². The van der Waals surface area contributed by atoms with E-state index in [1.54, 1.807) is 21.3 Å². The number of ether oxygens (including phenoxy) is 3. The maximum atomic E-state index is 5.33. The SMILES string of the molecule is CNCC(C)NCc1cc(OC)c(OC)c(OC)c1. The van der Waals surface area contributed by atoms with Gasteiger partial charge in [-0.25, -0.2) is 0 Å². The van der Waals surface area contributed by atoms with E-state index in [9.17, 15) is 0 Å². The first-order chi connectivity index (χ1) is 9.15. The quantitative estimate of drug-likeness (QED) is 0.746. The van der Waals surface area contributed by atoms with E-state index in [0.717, 1.165) is 18.7 Å². The molecule has 0 aliphatic heterocycles. The molecule has 2 N–H and O–H groups in total. The van der Waals surface area contributed by atoms with E-state index in [0.29, 0.717) is 23.3 Å². The van der Waals surface area contributed by atoms with Crippen molar-refractivity contribution < 1.29 is 14.2 Å². The molecule has 108 valence electrons. The molecule has 1 aromatic rings. The number of hydrogen-bond donors (Lipinski definition) is 2. The van der Waals surface area contributed by atoms with E-state index in [1.165, 1.54) is 0 Å². The van der Waals surface area contributed by atoms with E-state index >= 15 is 0 Å². The van der Waals surface area contributed by atoms with Crippen molar-refractivity contribution in [2.24, 2.45) is 0 Å². The summed E-state index contributed by atoms with van der Waals surface area (Å²) in [5, 5.41) is 6.56. The fourth-order valence-corrected chi connectivity index (χ4v) is 1.91. The van der Waals surface area contributed by atoms with Crippen LogP contribution in [0.25, 0.3) is 0 Å². The Morgan fingerprint density at radius 3 is 2.05 bits per heavy atom. The average molecular weight is 268 g/mol. The molecule has 0 spiro atoms. The number of rotatable bonds is 8. The molecule has 0 aromatic heterocycles. The molecule has 0 saturated heterocycles. The van der Waals surface area contributed by atoms with Crippen LogP contribution in [0, 0.1) is 0 Å². The Labute approximate surface area is 115 Å². The van der Waals surface area contributed by atoms with Gasteiger partial charge in [0.05, 0.1) is 21.3 Å². The van der Waals surface area contributed by atoms with Crippen molar-refractivity contribution in [1.82, 2.24) is 10.6 Å². The summed E-state index contributed by atoms with van der Waals surface area (Å²) in [6.45, 7) is 3.80. The average Bonchev–Trinajstić information content (AvgIpc) is 2.44. The molecule has 5 heteroatoms. The molecule has 1 atom stereocenters. The van der Waals surface area contributed by atoms with Crippen LogP contribution in [0.1, 0.15) is 12.5 Å². The fraction of sp³-hybridized carbons (Fsp3) is 0.571. The molecule has 0 saturated carbocycles. The second-order valence-electron chi connectivity index (χ2n) is 4.37. The molecular weight excluding hydrogens is 244 g/mol. The Balaban J connectivity index is 2.84. The third kappa shape index (κ3) is 4.29. The topological polar surface area (TPSA) is 51.8 Å². The van der Waals surface area contributed by atoms with Crippen molar-refractivity contribution in [3.8, 4) is 17.2 Å². The first-order valence-electron chi connectivity index (χ1n) is 6.33. The highest BCUT2D eigenvalue weighted by Crippen LogP contribution is 2.38. The Morgan fingerprint density at radius 2 is 1.63 bits per heavy atom. The lowest BCUT2D eigenvalue weighted by Crippen LogP contribution is -2.34. The molecule has 19 heavy (non-hydrogen) atoms. The Bertz CT molecular complexity index is 371. The molecule has 0 bridgehead atoms. The second-order valence-corrected chi connectivity index (χ2v) is 4.37. The molecule has 0 radical (unpaired) electrons. The molecular formula is C14H24N2O3. The lowest BCUT2D eigenvalue weighted by molar-refractivity contribution is 0.323. The summed E-state index contributed by atoms with van der Waals surface area (Å²) in [5.74, 6) is 1.98. The first-order valence-corrected chi connectivity index (χ1v) is 6.33. The summed E-state index contributed by atoms with van der Waals surface area (Å²) in [6.07, 6.45) is 0. The number of nitrogens with one attached hydrogen (secondary N) is 2. The largest absolute Gasteiger partial charge is 0.493 e. The molecule has 0 fully saturated rings. The van der Waals surface area contributed by atoms with Crippen LogP contribution in [0.15, 0.2) is 12.1 Å². The zero-order chi connectivity index (χ0) is 14.3. The standard InChI is InChI=1S/C14H24N2O3/c1-10(8-15-2)16-9-11-6-12(17-3)14(19-5)13(7-11)18-4/h6-7,10,15-16H,8-9H2,1-5H3. The Morgan fingerprint density at radius 1 is 1.05 bits per heavy atom.